The van der Waals surface area contributed by atoms with Crippen molar-refractivity contribution in [1.82, 2.24) is 0 Å². The second kappa shape index (κ2) is 5.46. The SMILES string of the molecule is CCC(C)(C)C(=O)OCCOC1C2CC3C(C2)S(=O)(=O)O[C@H]31. The Balaban J connectivity index is 1.47. The Morgan fingerprint density at radius 1 is 1.27 bits per heavy atom. The van der Waals surface area contributed by atoms with E-state index in [4.69, 9.17) is 13.7 Å². The van der Waals surface area contributed by atoms with Crippen LogP contribution in [0.1, 0.15) is 40.0 Å². The van der Waals surface area contributed by atoms with E-state index in [0.717, 1.165) is 6.42 Å². The van der Waals surface area contributed by atoms with Crippen molar-refractivity contribution in [3.63, 3.8) is 0 Å². The van der Waals surface area contributed by atoms with Crippen LogP contribution in [0.3, 0.4) is 0 Å². The van der Waals surface area contributed by atoms with Gasteiger partial charge in [0, 0.05) is 5.92 Å². The Kier molecular flexibility index (Phi) is 4.02. The molecule has 5 atom stereocenters. The van der Waals surface area contributed by atoms with E-state index < -0.39 is 15.5 Å². The molecule has 0 aromatic rings. The molecule has 22 heavy (non-hydrogen) atoms. The van der Waals surface area contributed by atoms with Gasteiger partial charge >= 0.3 is 5.97 Å². The molecule has 0 amide bonds. The van der Waals surface area contributed by atoms with Crippen molar-refractivity contribution in [1.29, 1.82) is 0 Å². The van der Waals surface area contributed by atoms with E-state index >= 15 is 0 Å². The van der Waals surface area contributed by atoms with Gasteiger partial charge in [0.2, 0.25) is 0 Å². The summed E-state index contributed by atoms with van der Waals surface area (Å²) in [4.78, 5) is 11.9. The smallest absolute Gasteiger partial charge is 0.311 e. The lowest BCUT2D eigenvalue weighted by Gasteiger charge is -2.25. The molecule has 0 N–H and O–H groups in total. The highest BCUT2D eigenvalue weighted by Gasteiger charge is 2.64. The number of rotatable bonds is 6. The van der Waals surface area contributed by atoms with Crippen molar-refractivity contribution in [3.05, 3.63) is 0 Å². The van der Waals surface area contributed by atoms with Crippen LogP contribution >= 0.6 is 0 Å². The largest absolute Gasteiger partial charge is 0.463 e. The lowest BCUT2D eigenvalue weighted by molar-refractivity contribution is -0.157. The van der Waals surface area contributed by atoms with E-state index in [0.29, 0.717) is 12.8 Å². The van der Waals surface area contributed by atoms with E-state index in [1.807, 2.05) is 20.8 Å². The van der Waals surface area contributed by atoms with E-state index in [2.05, 4.69) is 0 Å². The molecule has 3 rings (SSSR count). The summed E-state index contributed by atoms with van der Waals surface area (Å²) in [5.74, 6) is 0.105. The Hall–Kier alpha value is -0.660. The van der Waals surface area contributed by atoms with E-state index in [1.165, 1.54) is 0 Å². The number of ether oxygens (including phenoxy) is 2. The summed E-state index contributed by atoms with van der Waals surface area (Å²) in [6.07, 6.45) is 1.69. The minimum absolute atomic E-state index is 0.0848. The molecular formula is C15H24O6S. The maximum absolute atomic E-state index is 11.9. The third kappa shape index (κ3) is 2.57. The fraction of sp³-hybridized carbons (Fsp3) is 0.933. The summed E-state index contributed by atoms with van der Waals surface area (Å²) in [7, 11) is -3.40. The highest BCUT2D eigenvalue weighted by atomic mass is 32.2. The summed E-state index contributed by atoms with van der Waals surface area (Å²) in [5, 5.41) is -0.328. The number of carbonyl (C=O) groups is 1. The maximum atomic E-state index is 11.9. The highest BCUT2D eigenvalue weighted by Crippen LogP contribution is 2.55. The summed E-state index contributed by atoms with van der Waals surface area (Å²) >= 11 is 0. The molecule has 0 aromatic carbocycles. The first-order chi connectivity index (χ1) is 10.3. The predicted octanol–water partition coefficient (Wildman–Crippen LogP) is 1.49. The zero-order chi connectivity index (χ0) is 16.1. The highest BCUT2D eigenvalue weighted by molar-refractivity contribution is 7.87. The van der Waals surface area contributed by atoms with Gasteiger partial charge in [-0.25, -0.2) is 0 Å². The Morgan fingerprint density at radius 2 is 2.00 bits per heavy atom. The number of esters is 1. The van der Waals surface area contributed by atoms with Crippen LogP contribution < -0.4 is 0 Å². The van der Waals surface area contributed by atoms with Gasteiger partial charge in [0.15, 0.2) is 0 Å². The van der Waals surface area contributed by atoms with E-state index in [9.17, 15) is 13.2 Å². The first kappa shape index (κ1) is 16.2. The molecule has 0 aromatic heterocycles. The number of hydrogen-bond acceptors (Lipinski definition) is 6. The fourth-order valence-electron chi connectivity index (χ4n) is 3.77. The van der Waals surface area contributed by atoms with Crippen LogP contribution in [-0.2, 0) is 28.6 Å². The van der Waals surface area contributed by atoms with Crippen LogP contribution in [0.15, 0.2) is 0 Å². The van der Waals surface area contributed by atoms with E-state index in [-0.39, 0.29) is 48.5 Å². The number of hydrogen-bond donors (Lipinski definition) is 0. The van der Waals surface area contributed by atoms with Crippen LogP contribution in [-0.4, -0.2) is 45.1 Å². The van der Waals surface area contributed by atoms with Gasteiger partial charge in [-0.1, -0.05) is 6.92 Å². The fourth-order valence-corrected chi connectivity index (χ4v) is 5.65. The molecule has 1 aliphatic heterocycles. The van der Waals surface area contributed by atoms with Crippen LogP contribution in [0, 0.1) is 17.3 Å². The lowest BCUT2D eigenvalue weighted by atomic mass is 9.91. The van der Waals surface area contributed by atoms with Gasteiger partial charge < -0.3 is 9.47 Å². The summed E-state index contributed by atoms with van der Waals surface area (Å²) in [5.41, 5.74) is -0.484. The standard InChI is InChI=1S/C15H24O6S/c1-4-15(2,3)14(16)20-6-5-19-12-9-7-10-11(8-9)22(17,18)21-13(10)12/h9-13H,4-8H2,1-3H3/t9?,10?,11?,12?,13-/m1/s1. The molecule has 6 nitrogen and oxygen atoms in total. The van der Waals surface area contributed by atoms with Gasteiger partial charge in [-0.05, 0) is 39.0 Å². The third-order valence-electron chi connectivity index (χ3n) is 5.48. The first-order valence-corrected chi connectivity index (χ1v) is 9.44. The maximum Gasteiger partial charge on any atom is 0.311 e. The monoisotopic (exact) mass is 332 g/mol. The van der Waals surface area contributed by atoms with Crippen LogP contribution in [0.25, 0.3) is 0 Å². The predicted molar refractivity (Wildman–Crippen MR) is 78.6 cm³/mol. The third-order valence-corrected chi connectivity index (χ3v) is 7.25. The summed E-state index contributed by atoms with van der Waals surface area (Å²) in [6.45, 7) is 6.12. The molecule has 0 spiro atoms. The molecular weight excluding hydrogens is 308 g/mol. The molecule has 3 fully saturated rings. The van der Waals surface area contributed by atoms with Gasteiger partial charge in [-0.15, -0.1) is 0 Å². The molecule has 2 bridgehead atoms. The van der Waals surface area contributed by atoms with Gasteiger partial charge in [-0.3, -0.25) is 8.98 Å². The molecule has 3 aliphatic rings. The molecule has 1 saturated heterocycles. The van der Waals surface area contributed by atoms with Crippen molar-refractivity contribution < 1.29 is 26.9 Å². The Morgan fingerprint density at radius 3 is 2.68 bits per heavy atom. The van der Waals surface area contributed by atoms with Crippen LogP contribution in [0.5, 0.6) is 0 Å². The second-order valence-electron chi connectivity index (χ2n) is 7.20. The Bertz CT molecular complexity index is 554. The van der Waals surface area contributed by atoms with Crippen molar-refractivity contribution in [2.24, 2.45) is 17.3 Å². The van der Waals surface area contributed by atoms with Gasteiger partial charge in [-0.2, -0.15) is 8.42 Å². The van der Waals surface area contributed by atoms with Crippen molar-refractivity contribution >= 4 is 16.1 Å². The molecule has 2 aliphatic carbocycles. The van der Waals surface area contributed by atoms with Crippen molar-refractivity contribution in [2.75, 3.05) is 13.2 Å². The molecule has 2 saturated carbocycles. The van der Waals surface area contributed by atoms with Gasteiger partial charge in [0.1, 0.15) is 12.7 Å². The normalized spacial score (nSPS) is 38.4. The minimum atomic E-state index is -3.40. The topological polar surface area (TPSA) is 78.9 Å². The number of fused-ring (bicyclic) bond motifs is 1. The van der Waals surface area contributed by atoms with Crippen LogP contribution in [0.4, 0.5) is 0 Å². The summed E-state index contributed by atoms with van der Waals surface area (Å²) in [6, 6.07) is 0. The van der Waals surface area contributed by atoms with E-state index in [1.54, 1.807) is 0 Å². The zero-order valence-electron chi connectivity index (χ0n) is 13.3. The lowest BCUT2D eigenvalue weighted by Crippen LogP contribution is -2.36. The number of carbonyl (C=O) groups excluding carboxylic acids is 1. The molecule has 1 heterocycles. The van der Waals surface area contributed by atoms with Crippen molar-refractivity contribution in [2.45, 2.75) is 57.5 Å². The van der Waals surface area contributed by atoms with Crippen molar-refractivity contribution in [3.8, 4) is 0 Å². The molecule has 4 unspecified atom stereocenters. The molecule has 0 radical (unpaired) electrons. The van der Waals surface area contributed by atoms with Gasteiger partial charge in [0.25, 0.3) is 10.1 Å². The molecule has 126 valence electrons. The zero-order valence-corrected chi connectivity index (χ0v) is 14.1. The van der Waals surface area contributed by atoms with Crippen LogP contribution in [0.2, 0.25) is 0 Å². The average Bonchev–Trinajstić information content (AvgIpc) is 3.06. The summed E-state index contributed by atoms with van der Waals surface area (Å²) < 4.78 is 39.9. The molecule has 7 heteroatoms. The van der Waals surface area contributed by atoms with Gasteiger partial charge in [0.05, 0.1) is 23.4 Å². The first-order valence-electron chi connectivity index (χ1n) is 7.97. The second-order valence-corrected chi connectivity index (χ2v) is 8.98. The minimum Gasteiger partial charge on any atom is -0.463 e. The average molecular weight is 332 g/mol. The Labute approximate surface area is 131 Å². The quantitative estimate of drug-likeness (QED) is 0.416.